The van der Waals surface area contributed by atoms with Gasteiger partial charge in [0, 0.05) is 11.3 Å². The zero-order valence-corrected chi connectivity index (χ0v) is 15.1. The predicted molar refractivity (Wildman–Crippen MR) is 100 cm³/mol. The molecule has 0 atom stereocenters. The van der Waals surface area contributed by atoms with Crippen LogP contribution >= 0.6 is 27.5 Å². The first-order valence-electron chi connectivity index (χ1n) is 7.25. The van der Waals surface area contributed by atoms with Crippen molar-refractivity contribution < 1.29 is 14.0 Å². The Bertz CT molecular complexity index is 925. The van der Waals surface area contributed by atoms with Crippen molar-refractivity contribution in [1.82, 2.24) is 0 Å². The van der Waals surface area contributed by atoms with E-state index in [1.807, 2.05) is 18.2 Å². The molecule has 0 spiro atoms. The molecule has 0 aliphatic rings. The third-order valence-corrected chi connectivity index (χ3v) is 4.06. The van der Waals surface area contributed by atoms with E-state index in [1.165, 1.54) is 12.1 Å². The van der Waals surface area contributed by atoms with Crippen molar-refractivity contribution >= 4 is 50.7 Å². The molecule has 25 heavy (non-hydrogen) atoms. The van der Waals surface area contributed by atoms with Crippen LogP contribution < -0.4 is 10.6 Å². The summed E-state index contributed by atoms with van der Waals surface area (Å²) in [5.41, 5.74) is 1.36. The molecular weight excluding hydrogens is 408 g/mol. The van der Waals surface area contributed by atoms with Crippen LogP contribution in [0.2, 0.25) is 5.02 Å². The van der Waals surface area contributed by atoms with Crippen molar-refractivity contribution in [3.63, 3.8) is 0 Å². The molecule has 2 aromatic carbocycles. The third kappa shape index (κ3) is 4.29. The van der Waals surface area contributed by atoms with Gasteiger partial charge in [0.1, 0.15) is 0 Å². The normalized spacial score (nSPS) is 10.3. The minimum Gasteiger partial charge on any atom is -0.444 e. The molecule has 1 heterocycles. The second kappa shape index (κ2) is 7.55. The highest BCUT2D eigenvalue weighted by molar-refractivity contribution is 9.10. The van der Waals surface area contributed by atoms with Crippen LogP contribution in [-0.2, 0) is 0 Å². The molecule has 1 aromatic heterocycles. The largest absolute Gasteiger partial charge is 0.444 e. The number of hydrogen-bond acceptors (Lipinski definition) is 3. The molecule has 0 saturated heterocycles. The molecule has 126 valence electrons. The van der Waals surface area contributed by atoms with E-state index in [2.05, 4.69) is 26.6 Å². The molecule has 0 aliphatic heterocycles. The molecule has 0 radical (unpaired) electrons. The number of benzene rings is 2. The molecular formula is C18H12BrClN2O3. The lowest BCUT2D eigenvalue weighted by Gasteiger charge is -2.09. The van der Waals surface area contributed by atoms with Crippen LogP contribution in [0.4, 0.5) is 11.4 Å². The van der Waals surface area contributed by atoms with Crippen LogP contribution in [0.1, 0.15) is 20.9 Å². The van der Waals surface area contributed by atoms with Gasteiger partial charge in [0.15, 0.2) is 10.4 Å². The number of nitrogens with one attached hydrogen (secondary N) is 2. The Morgan fingerprint density at radius 2 is 1.68 bits per heavy atom. The summed E-state index contributed by atoms with van der Waals surface area (Å²) in [7, 11) is 0. The van der Waals surface area contributed by atoms with Gasteiger partial charge in [-0.05, 0) is 58.4 Å². The third-order valence-electron chi connectivity index (χ3n) is 3.31. The maximum absolute atomic E-state index is 12.3. The maximum atomic E-state index is 12.3. The summed E-state index contributed by atoms with van der Waals surface area (Å²) in [6.07, 6.45) is 0. The molecule has 0 fully saturated rings. The molecule has 0 bridgehead atoms. The number of halogens is 2. The predicted octanol–water partition coefficient (Wildman–Crippen LogP) is 5.20. The van der Waals surface area contributed by atoms with Crippen molar-refractivity contribution in [2.24, 2.45) is 0 Å². The van der Waals surface area contributed by atoms with Crippen molar-refractivity contribution in [3.8, 4) is 0 Å². The Morgan fingerprint density at radius 1 is 0.920 bits per heavy atom. The van der Waals surface area contributed by atoms with Gasteiger partial charge in [-0.15, -0.1) is 0 Å². The smallest absolute Gasteiger partial charge is 0.291 e. The van der Waals surface area contributed by atoms with E-state index < -0.39 is 5.91 Å². The molecule has 2 amide bonds. The fourth-order valence-electron chi connectivity index (χ4n) is 2.11. The second-order valence-electron chi connectivity index (χ2n) is 5.07. The molecule has 0 saturated carbocycles. The Balaban J connectivity index is 1.78. The topological polar surface area (TPSA) is 71.3 Å². The van der Waals surface area contributed by atoms with E-state index in [0.717, 1.165) is 0 Å². The first-order valence-corrected chi connectivity index (χ1v) is 8.42. The van der Waals surface area contributed by atoms with Crippen molar-refractivity contribution in [2.45, 2.75) is 0 Å². The van der Waals surface area contributed by atoms with Crippen molar-refractivity contribution in [1.29, 1.82) is 0 Å². The highest BCUT2D eigenvalue weighted by atomic mass is 79.9. The summed E-state index contributed by atoms with van der Waals surface area (Å²) in [6.45, 7) is 0. The van der Waals surface area contributed by atoms with Crippen LogP contribution in [0, 0.1) is 0 Å². The van der Waals surface area contributed by atoms with Crippen LogP contribution in [0.3, 0.4) is 0 Å². The van der Waals surface area contributed by atoms with E-state index in [0.29, 0.717) is 26.6 Å². The summed E-state index contributed by atoms with van der Waals surface area (Å²) in [5.74, 6) is -0.644. The van der Waals surface area contributed by atoms with Gasteiger partial charge in [0.05, 0.1) is 10.7 Å². The van der Waals surface area contributed by atoms with Gasteiger partial charge in [-0.25, -0.2) is 0 Å². The van der Waals surface area contributed by atoms with Crippen molar-refractivity contribution in [3.05, 3.63) is 81.7 Å². The average molecular weight is 420 g/mol. The van der Waals surface area contributed by atoms with E-state index in [4.69, 9.17) is 16.0 Å². The van der Waals surface area contributed by atoms with E-state index in [1.54, 1.807) is 30.3 Å². The highest BCUT2D eigenvalue weighted by Gasteiger charge is 2.15. The average Bonchev–Trinajstić information content (AvgIpc) is 3.04. The first-order chi connectivity index (χ1) is 12.0. The monoisotopic (exact) mass is 418 g/mol. The molecule has 0 unspecified atom stereocenters. The van der Waals surface area contributed by atoms with Gasteiger partial charge in [0.2, 0.25) is 0 Å². The van der Waals surface area contributed by atoms with Gasteiger partial charge in [-0.3, -0.25) is 9.59 Å². The number of carbonyl (C=O) groups excluding carboxylic acids is 2. The minimum absolute atomic E-state index is 0.127. The minimum atomic E-state index is -0.465. The van der Waals surface area contributed by atoms with Gasteiger partial charge < -0.3 is 15.1 Å². The molecule has 0 aliphatic carbocycles. The molecule has 7 heteroatoms. The summed E-state index contributed by atoms with van der Waals surface area (Å²) in [5, 5.41) is 5.72. The van der Waals surface area contributed by atoms with Crippen LogP contribution in [0.5, 0.6) is 0 Å². The number of rotatable bonds is 4. The van der Waals surface area contributed by atoms with E-state index >= 15 is 0 Å². The van der Waals surface area contributed by atoms with E-state index in [9.17, 15) is 9.59 Å². The summed E-state index contributed by atoms with van der Waals surface area (Å²) >= 11 is 9.25. The first kappa shape index (κ1) is 17.3. The fourth-order valence-corrected chi connectivity index (χ4v) is 2.58. The number of hydrogen-bond donors (Lipinski definition) is 2. The van der Waals surface area contributed by atoms with Crippen LogP contribution in [0.15, 0.2) is 69.8 Å². The maximum Gasteiger partial charge on any atom is 0.291 e. The number of amides is 2. The molecule has 5 nitrogen and oxygen atoms in total. The SMILES string of the molecule is O=C(Nc1ccccc1)c1ccc(Cl)c(NC(=O)c2ccc(Br)o2)c1. The summed E-state index contributed by atoms with van der Waals surface area (Å²) in [6, 6.07) is 16.9. The fraction of sp³-hybridized carbons (Fsp3) is 0. The van der Waals surface area contributed by atoms with Gasteiger partial charge in [-0.2, -0.15) is 0 Å². The quantitative estimate of drug-likeness (QED) is 0.610. The Hall–Kier alpha value is -2.57. The zero-order valence-electron chi connectivity index (χ0n) is 12.8. The van der Waals surface area contributed by atoms with Gasteiger partial charge in [-0.1, -0.05) is 29.8 Å². The summed E-state index contributed by atoms with van der Waals surface area (Å²) in [4.78, 5) is 24.5. The second-order valence-corrected chi connectivity index (χ2v) is 6.26. The lowest BCUT2D eigenvalue weighted by molar-refractivity contribution is 0.0992. The van der Waals surface area contributed by atoms with Gasteiger partial charge in [0.25, 0.3) is 11.8 Å². The molecule has 3 aromatic rings. The number of anilines is 2. The number of furan rings is 1. The van der Waals surface area contributed by atoms with E-state index in [-0.39, 0.29) is 11.7 Å². The zero-order chi connectivity index (χ0) is 17.8. The van der Waals surface area contributed by atoms with Gasteiger partial charge >= 0.3 is 0 Å². The lowest BCUT2D eigenvalue weighted by Crippen LogP contribution is -2.14. The molecule has 3 rings (SSSR count). The van der Waals surface area contributed by atoms with Crippen LogP contribution in [-0.4, -0.2) is 11.8 Å². The standard InChI is InChI=1S/C18H12BrClN2O3/c19-16-9-8-15(25-16)18(24)22-14-10-11(6-7-13(14)20)17(23)21-12-4-2-1-3-5-12/h1-10H,(H,21,23)(H,22,24). The Morgan fingerprint density at radius 3 is 2.36 bits per heavy atom. The Labute approximate surface area is 157 Å². The highest BCUT2D eigenvalue weighted by Crippen LogP contribution is 2.25. The van der Waals surface area contributed by atoms with Crippen LogP contribution in [0.25, 0.3) is 0 Å². The Kier molecular flexibility index (Phi) is 5.21. The number of para-hydroxylation sites is 1. The summed E-state index contributed by atoms with van der Waals surface area (Å²) < 4.78 is 5.64. The molecule has 2 N–H and O–H groups in total. The number of carbonyl (C=O) groups is 2. The lowest BCUT2D eigenvalue weighted by atomic mass is 10.1. The van der Waals surface area contributed by atoms with Crippen molar-refractivity contribution in [2.75, 3.05) is 10.6 Å².